The van der Waals surface area contributed by atoms with Gasteiger partial charge in [0, 0.05) is 10.7 Å². The molecule has 0 saturated heterocycles. The van der Waals surface area contributed by atoms with E-state index in [1.165, 1.54) is 0 Å². The van der Waals surface area contributed by atoms with Gasteiger partial charge in [-0.2, -0.15) is 5.10 Å². The molecule has 1 amide bonds. The molecule has 0 aliphatic rings. The van der Waals surface area contributed by atoms with Crippen LogP contribution in [0.25, 0.3) is 0 Å². The molecule has 158 valence electrons. The maximum atomic E-state index is 13.2. The molecule has 3 N–H and O–H groups in total. The highest BCUT2D eigenvalue weighted by molar-refractivity contribution is 7.99. The number of nitrogens with zero attached hydrogens (tertiary/aromatic N) is 2. The normalized spacial score (nSPS) is 11.5. The van der Waals surface area contributed by atoms with Crippen molar-refractivity contribution in [3.05, 3.63) is 58.9 Å². The van der Waals surface area contributed by atoms with E-state index in [4.69, 9.17) is 17.3 Å². The molecule has 3 aromatic rings. The molecule has 0 aliphatic heterocycles. The van der Waals surface area contributed by atoms with Gasteiger partial charge < -0.3 is 11.1 Å². The van der Waals surface area contributed by atoms with Crippen molar-refractivity contribution in [1.29, 1.82) is 0 Å². The lowest BCUT2D eigenvalue weighted by molar-refractivity contribution is -0.116. The van der Waals surface area contributed by atoms with E-state index in [1.807, 2.05) is 6.92 Å². The molecule has 0 aliphatic carbocycles. The van der Waals surface area contributed by atoms with Gasteiger partial charge in [0.1, 0.15) is 28.1 Å². The van der Waals surface area contributed by atoms with E-state index in [1.54, 1.807) is 24.5 Å². The summed E-state index contributed by atoms with van der Waals surface area (Å²) in [5.41, 5.74) is 7.40. The van der Waals surface area contributed by atoms with Crippen LogP contribution in [0, 0.1) is 12.7 Å². The minimum absolute atomic E-state index is 0.121. The summed E-state index contributed by atoms with van der Waals surface area (Å²) in [6, 6.07) is 9.48. The molecule has 11 heteroatoms. The Bertz CT molecular complexity index is 1210. The number of aryl methyl sites for hydroxylation is 1. The van der Waals surface area contributed by atoms with Crippen molar-refractivity contribution in [2.24, 2.45) is 0 Å². The third-order valence-corrected chi connectivity index (χ3v) is 7.14. The van der Waals surface area contributed by atoms with Crippen LogP contribution in [0.5, 0.6) is 0 Å². The maximum absolute atomic E-state index is 13.2. The molecule has 0 radical (unpaired) electrons. The minimum Gasteiger partial charge on any atom is -0.383 e. The zero-order valence-corrected chi connectivity index (χ0v) is 18.4. The number of nitrogen functional groups attached to an aromatic ring is 1. The summed E-state index contributed by atoms with van der Waals surface area (Å²) in [7, 11) is -4.06. The topological polar surface area (TPSA) is 107 Å². The minimum atomic E-state index is -4.06. The average Bonchev–Trinajstić information content (AvgIpc) is 3.01. The molecule has 0 atom stereocenters. The van der Waals surface area contributed by atoms with Crippen LogP contribution in [-0.2, 0) is 21.2 Å². The van der Waals surface area contributed by atoms with Gasteiger partial charge in [0.15, 0.2) is 0 Å². The van der Waals surface area contributed by atoms with E-state index in [0.717, 1.165) is 46.3 Å². The van der Waals surface area contributed by atoms with Crippen molar-refractivity contribution in [2.75, 3.05) is 17.3 Å². The first kappa shape index (κ1) is 22.1. The van der Waals surface area contributed by atoms with Gasteiger partial charge in [-0.15, -0.1) is 11.8 Å². The number of carbonyl (C=O) groups excluding carboxylic acids is 1. The highest BCUT2D eigenvalue weighted by Gasteiger charge is 2.29. The van der Waals surface area contributed by atoms with Crippen molar-refractivity contribution >= 4 is 50.6 Å². The number of anilines is 2. The summed E-state index contributed by atoms with van der Waals surface area (Å²) < 4.78 is 40.4. The number of benzene rings is 2. The number of rotatable bonds is 6. The molecule has 1 aromatic heterocycles. The molecule has 0 unspecified atom stereocenters. The van der Waals surface area contributed by atoms with Crippen LogP contribution in [-0.4, -0.2) is 30.4 Å². The molecule has 30 heavy (non-hydrogen) atoms. The van der Waals surface area contributed by atoms with Crippen molar-refractivity contribution in [1.82, 2.24) is 9.78 Å². The van der Waals surface area contributed by atoms with E-state index >= 15 is 0 Å². The summed E-state index contributed by atoms with van der Waals surface area (Å²) >= 11 is 7.04. The Labute approximate surface area is 182 Å². The van der Waals surface area contributed by atoms with Crippen LogP contribution in [0.3, 0.4) is 0 Å². The SMILES string of the molecule is CSc1nn(CC(=O)Nc2cc(Cl)ccc2C)c(N)c1S(=O)(=O)c1ccc(F)cc1. The number of halogens is 2. The van der Waals surface area contributed by atoms with Gasteiger partial charge in [0.25, 0.3) is 0 Å². The summed E-state index contributed by atoms with van der Waals surface area (Å²) in [6.07, 6.45) is 1.64. The molecule has 0 spiro atoms. The Hall–Kier alpha value is -2.56. The molecule has 2 aromatic carbocycles. The van der Waals surface area contributed by atoms with Crippen LogP contribution >= 0.6 is 23.4 Å². The molecular formula is C19H18ClFN4O3S2. The Morgan fingerprint density at radius 3 is 2.57 bits per heavy atom. The monoisotopic (exact) mass is 468 g/mol. The first-order chi connectivity index (χ1) is 14.1. The third-order valence-electron chi connectivity index (χ3n) is 4.27. The smallest absolute Gasteiger partial charge is 0.246 e. The zero-order valence-electron chi connectivity index (χ0n) is 16.0. The van der Waals surface area contributed by atoms with Crippen molar-refractivity contribution in [2.45, 2.75) is 28.3 Å². The number of nitrogens with one attached hydrogen (secondary N) is 1. The molecule has 0 fully saturated rings. The van der Waals surface area contributed by atoms with E-state index in [2.05, 4.69) is 10.4 Å². The van der Waals surface area contributed by atoms with Gasteiger partial charge in [-0.3, -0.25) is 4.79 Å². The fraction of sp³-hybridized carbons (Fsp3) is 0.158. The number of aromatic nitrogens is 2. The summed E-state index contributed by atoms with van der Waals surface area (Å²) in [5.74, 6) is -1.19. The summed E-state index contributed by atoms with van der Waals surface area (Å²) in [4.78, 5) is 12.2. The average molecular weight is 469 g/mol. The zero-order chi connectivity index (χ0) is 22.1. The predicted octanol–water partition coefficient (Wildman–Crippen LogP) is 3.76. The van der Waals surface area contributed by atoms with Crippen LogP contribution in [0.15, 0.2) is 57.3 Å². The van der Waals surface area contributed by atoms with Crippen molar-refractivity contribution in [3.8, 4) is 0 Å². The standard InChI is InChI=1S/C19H18ClFN4O3S2/c1-11-3-4-12(20)9-15(11)23-16(26)10-25-18(22)17(19(24-25)29-2)30(27,28)14-7-5-13(21)6-8-14/h3-9H,10,22H2,1-2H3,(H,23,26). The Morgan fingerprint density at radius 1 is 1.27 bits per heavy atom. The van der Waals surface area contributed by atoms with Gasteiger partial charge in [0.05, 0.1) is 4.90 Å². The number of sulfone groups is 1. The van der Waals surface area contributed by atoms with Crippen LogP contribution in [0.1, 0.15) is 5.56 Å². The van der Waals surface area contributed by atoms with Gasteiger partial charge >= 0.3 is 0 Å². The lowest BCUT2D eigenvalue weighted by Crippen LogP contribution is -2.21. The highest BCUT2D eigenvalue weighted by atomic mass is 35.5. The van der Waals surface area contributed by atoms with E-state index in [-0.39, 0.29) is 27.2 Å². The van der Waals surface area contributed by atoms with Crippen molar-refractivity contribution in [3.63, 3.8) is 0 Å². The Morgan fingerprint density at radius 2 is 1.93 bits per heavy atom. The number of nitrogens with two attached hydrogens (primary N) is 1. The van der Waals surface area contributed by atoms with Crippen LogP contribution in [0.2, 0.25) is 5.02 Å². The fourth-order valence-corrected chi connectivity index (χ4v) is 5.33. The molecular weight excluding hydrogens is 451 g/mol. The molecule has 3 rings (SSSR count). The lowest BCUT2D eigenvalue weighted by atomic mass is 10.2. The van der Waals surface area contributed by atoms with Crippen LogP contribution in [0.4, 0.5) is 15.9 Å². The summed E-state index contributed by atoms with van der Waals surface area (Å²) in [5, 5.41) is 7.49. The second-order valence-electron chi connectivity index (χ2n) is 6.35. The molecule has 7 nitrogen and oxygen atoms in total. The van der Waals surface area contributed by atoms with Crippen LogP contribution < -0.4 is 11.1 Å². The largest absolute Gasteiger partial charge is 0.383 e. The lowest BCUT2D eigenvalue weighted by Gasteiger charge is -2.10. The highest BCUT2D eigenvalue weighted by Crippen LogP contribution is 2.34. The number of hydrogen-bond acceptors (Lipinski definition) is 6. The quantitative estimate of drug-likeness (QED) is 0.421. The number of carbonyl (C=O) groups is 1. The van der Waals surface area contributed by atoms with Gasteiger partial charge in [-0.1, -0.05) is 17.7 Å². The Kier molecular flexibility index (Phi) is 6.39. The van der Waals surface area contributed by atoms with Gasteiger partial charge in [-0.25, -0.2) is 17.5 Å². The number of hydrogen-bond donors (Lipinski definition) is 2. The van der Waals surface area contributed by atoms with E-state index in [0.29, 0.717) is 10.7 Å². The maximum Gasteiger partial charge on any atom is 0.246 e. The van der Waals surface area contributed by atoms with E-state index < -0.39 is 21.6 Å². The molecule has 1 heterocycles. The third kappa shape index (κ3) is 4.45. The second kappa shape index (κ2) is 8.66. The second-order valence-corrected chi connectivity index (χ2v) is 9.46. The Balaban J connectivity index is 1.92. The number of amides is 1. The first-order valence-electron chi connectivity index (χ1n) is 8.60. The first-order valence-corrected chi connectivity index (χ1v) is 11.7. The molecule has 0 bridgehead atoms. The van der Waals surface area contributed by atoms with Crippen molar-refractivity contribution < 1.29 is 17.6 Å². The predicted molar refractivity (Wildman–Crippen MR) is 115 cm³/mol. The number of thioether (sulfide) groups is 1. The molecule has 0 saturated carbocycles. The van der Waals surface area contributed by atoms with E-state index in [9.17, 15) is 17.6 Å². The van der Waals surface area contributed by atoms with Gasteiger partial charge in [-0.05, 0) is 55.1 Å². The van der Waals surface area contributed by atoms with Gasteiger partial charge in [0.2, 0.25) is 15.7 Å². The fourth-order valence-electron chi connectivity index (χ4n) is 2.73. The summed E-state index contributed by atoms with van der Waals surface area (Å²) in [6.45, 7) is 1.51.